The summed E-state index contributed by atoms with van der Waals surface area (Å²) in [6.45, 7) is 3.43. The molecule has 0 atom stereocenters. The molecule has 2 amide bonds. The first-order valence-corrected chi connectivity index (χ1v) is 8.36. The molecule has 3 rings (SSSR count). The molecule has 3 aromatic rings. The van der Waals surface area contributed by atoms with Crippen LogP contribution >= 0.6 is 0 Å². The molecule has 0 fully saturated rings. The van der Waals surface area contributed by atoms with Crippen LogP contribution in [0.3, 0.4) is 0 Å². The van der Waals surface area contributed by atoms with Gasteiger partial charge < -0.3 is 16.0 Å². The number of anilines is 4. The van der Waals surface area contributed by atoms with Crippen molar-refractivity contribution in [3.8, 4) is 0 Å². The van der Waals surface area contributed by atoms with E-state index in [0.29, 0.717) is 17.2 Å². The predicted molar refractivity (Wildman–Crippen MR) is 105 cm³/mol. The van der Waals surface area contributed by atoms with Crippen molar-refractivity contribution in [2.45, 2.75) is 13.8 Å². The van der Waals surface area contributed by atoms with Crippen molar-refractivity contribution >= 4 is 34.7 Å². The summed E-state index contributed by atoms with van der Waals surface area (Å²) in [4.78, 5) is 23.5. The van der Waals surface area contributed by atoms with Crippen molar-refractivity contribution in [3.63, 3.8) is 0 Å². The average molecular weight is 361 g/mol. The second-order valence-electron chi connectivity index (χ2n) is 6.01. The molecule has 3 N–H and O–H groups in total. The molecule has 1 heterocycles. The molecule has 0 aliphatic heterocycles. The molecule has 136 valence electrons. The Hall–Kier alpha value is -3.74. The molecule has 0 aliphatic rings. The van der Waals surface area contributed by atoms with Crippen LogP contribution in [-0.4, -0.2) is 22.0 Å². The summed E-state index contributed by atoms with van der Waals surface area (Å²) in [6, 6.07) is 18.0. The van der Waals surface area contributed by atoms with Gasteiger partial charge in [-0.3, -0.25) is 9.59 Å². The molecule has 0 spiro atoms. The number of rotatable bonds is 5. The van der Waals surface area contributed by atoms with Crippen molar-refractivity contribution in [2.75, 3.05) is 16.0 Å². The van der Waals surface area contributed by atoms with E-state index in [9.17, 15) is 9.59 Å². The van der Waals surface area contributed by atoms with E-state index in [2.05, 4.69) is 26.1 Å². The number of hydrogen-bond donors (Lipinski definition) is 3. The third-order valence-corrected chi connectivity index (χ3v) is 3.63. The monoisotopic (exact) mass is 361 g/mol. The van der Waals surface area contributed by atoms with Crippen LogP contribution in [-0.2, 0) is 4.79 Å². The predicted octanol–water partition coefficient (Wildman–Crippen LogP) is 3.74. The lowest BCUT2D eigenvalue weighted by Crippen LogP contribution is -2.15. The summed E-state index contributed by atoms with van der Waals surface area (Å²) >= 11 is 0. The highest BCUT2D eigenvalue weighted by Crippen LogP contribution is 2.17. The van der Waals surface area contributed by atoms with E-state index < -0.39 is 0 Å². The first-order chi connectivity index (χ1) is 13.0. The van der Waals surface area contributed by atoms with Crippen LogP contribution in [0.25, 0.3) is 0 Å². The molecule has 0 saturated carbocycles. The molecule has 0 aliphatic carbocycles. The zero-order valence-electron chi connectivity index (χ0n) is 15.0. The van der Waals surface area contributed by atoms with Gasteiger partial charge in [0.15, 0.2) is 11.5 Å². The lowest BCUT2D eigenvalue weighted by molar-refractivity contribution is -0.114. The van der Waals surface area contributed by atoms with Crippen LogP contribution < -0.4 is 16.0 Å². The fraction of sp³-hybridized carbons (Fsp3) is 0.100. The number of nitrogens with zero attached hydrogens (tertiary/aromatic N) is 2. The van der Waals surface area contributed by atoms with Crippen molar-refractivity contribution in [2.24, 2.45) is 0 Å². The molecule has 2 aromatic carbocycles. The standard InChI is InChI=1S/C20H19N5O2/c1-13-5-3-6-15(11-13)22-19-10-9-18(24-25-19)20(27)23-17-8-4-7-16(12-17)21-14(2)26/h3-12H,1-2H3,(H,21,26)(H,22,25)(H,23,27). The smallest absolute Gasteiger partial charge is 0.276 e. The summed E-state index contributed by atoms with van der Waals surface area (Å²) in [7, 11) is 0. The number of nitrogens with one attached hydrogen (secondary N) is 3. The van der Waals surface area contributed by atoms with E-state index in [4.69, 9.17) is 0 Å². The summed E-state index contributed by atoms with van der Waals surface area (Å²) < 4.78 is 0. The Morgan fingerprint density at radius 1 is 0.815 bits per heavy atom. The third-order valence-electron chi connectivity index (χ3n) is 3.63. The highest BCUT2D eigenvalue weighted by molar-refractivity contribution is 6.03. The fourth-order valence-corrected chi connectivity index (χ4v) is 2.46. The lowest BCUT2D eigenvalue weighted by Gasteiger charge is -2.08. The molecule has 0 bridgehead atoms. The first kappa shape index (κ1) is 18.1. The third kappa shape index (κ3) is 5.12. The van der Waals surface area contributed by atoms with Crippen molar-refractivity contribution in [1.29, 1.82) is 0 Å². The molecule has 7 nitrogen and oxygen atoms in total. The average Bonchev–Trinajstić information content (AvgIpc) is 2.62. The van der Waals surface area contributed by atoms with Gasteiger partial charge in [-0.25, -0.2) is 0 Å². The van der Waals surface area contributed by atoms with E-state index >= 15 is 0 Å². The molecule has 27 heavy (non-hydrogen) atoms. The normalized spacial score (nSPS) is 10.1. The van der Waals surface area contributed by atoms with E-state index in [-0.39, 0.29) is 17.5 Å². The Morgan fingerprint density at radius 3 is 2.19 bits per heavy atom. The maximum atomic E-state index is 12.3. The molecular weight excluding hydrogens is 342 g/mol. The Kier molecular flexibility index (Phi) is 5.41. The van der Waals surface area contributed by atoms with Crippen molar-refractivity contribution < 1.29 is 9.59 Å². The van der Waals surface area contributed by atoms with Gasteiger partial charge in [0, 0.05) is 24.0 Å². The van der Waals surface area contributed by atoms with Crippen molar-refractivity contribution in [3.05, 3.63) is 71.9 Å². The number of aryl methyl sites for hydroxylation is 1. The van der Waals surface area contributed by atoms with Crippen LogP contribution in [0.1, 0.15) is 23.0 Å². The summed E-state index contributed by atoms with van der Waals surface area (Å²) in [6.07, 6.45) is 0. The molecule has 0 saturated heterocycles. The van der Waals surface area contributed by atoms with Crippen LogP contribution in [0.15, 0.2) is 60.7 Å². The van der Waals surface area contributed by atoms with Crippen LogP contribution in [0.5, 0.6) is 0 Å². The van der Waals surface area contributed by atoms with E-state index in [0.717, 1.165) is 11.3 Å². The van der Waals surface area contributed by atoms with Gasteiger partial charge in [0.25, 0.3) is 5.91 Å². The van der Waals surface area contributed by atoms with Gasteiger partial charge in [0.05, 0.1) is 0 Å². The number of carbonyl (C=O) groups excluding carboxylic acids is 2. The topological polar surface area (TPSA) is 96.0 Å². The summed E-state index contributed by atoms with van der Waals surface area (Å²) in [5, 5.41) is 16.6. The Morgan fingerprint density at radius 2 is 1.52 bits per heavy atom. The maximum absolute atomic E-state index is 12.3. The minimum atomic E-state index is -0.385. The molecular formula is C20H19N5O2. The van der Waals surface area contributed by atoms with E-state index in [1.54, 1.807) is 36.4 Å². The fourth-order valence-electron chi connectivity index (χ4n) is 2.46. The first-order valence-electron chi connectivity index (χ1n) is 8.36. The van der Waals surface area contributed by atoms with Gasteiger partial charge in [-0.15, -0.1) is 10.2 Å². The van der Waals surface area contributed by atoms with Crippen molar-refractivity contribution in [1.82, 2.24) is 10.2 Å². The van der Waals surface area contributed by atoms with Gasteiger partial charge >= 0.3 is 0 Å². The van der Waals surface area contributed by atoms with Gasteiger partial charge in [-0.1, -0.05) is 18.2 Å². The zero-order chi connectivity index (χ0) is 19.2. The lowest BCUT2D eigenvalue weighted by atomic mass is 10.2. The van der Waals surface area contributed by atoms with Crippen LogP contribution in [0, 0.1) is 6.92 Å². The Balaban J connectivity index is 1.66. The van der Waals surface area contributed by atoms with Gasteiger partial charge in [0.2, 0.25) is 5.91 Å². The van der Waals surface area contributed by atoms with E-state index in [1.165, 1.54) is 6.92 Å². The number of hydrogen-bond acceptors (Lipinski definition) is 5. The molecule has 0 radical (unpaired) electrons. The highest BCUT2D eigenvalue weighted by Gasteiger charge is 2.09. The highest BCUT2D eigenvalue weighted by atomic mass is 16.2. The second kappa shape index (κ2) is 8.09. The van der Waals surface area contributed by atoms with Gasteiger partial charge in [-0.05, 0) is 55.0 Å². The Bertz CT molecular complexity index is 970. The minimum absolute atomic E-state index is 0.180. The number of amides is 2. The largest absolute Gasteiger partial charge is 0.339 e. The quantitative estimate of drug-likeness (QED) is 0.643. The second-order valence-corrected chi connectivity index (χ2v) is 6.01. The number of benzene rings is 2. The van der Waals surface area contributed by atoms with Gasteiger partial charge in [0.1, 0.15) is 0 Å². The molecule has 7 heteroatoms. The van der Waals surface area contributed by atoms with E-state index in [1.807, 2.05) is 31.2 Å². The number of aromatic nitrogens is 2. The van der Waals surface area contributed by atoms with Crippen LogP contribution in [0.4, 0.5) is 22.9 Å². The number of carbonyl (C=O) groups is 2. The maximum Gasteiger partial charge on any atom is 0.276 e. The summed E-state index contributed by atoms with van der Waals surface area (Å²) in [5.74, 6) is -0.0181. The summed E-state index contributed by atoms with van der Waals surface area (Å²) in [5.41, 5.74) is 3.37. The van der Waals surface area contributed by atoms with Gasteiger partial charge in [-0.2, -0.15) is 0 Å². The molecule has 1 aromatic heterocycles. The zero-order valence-corrected chi connectivity index (χ0v) is 15.0. The SMILES string of the molecule is CC(=O)Nc1cccc(NC(=O)c2ccc(Nc3cccc(C)c3)nn2)c1. The Labute approximate surface area is 156 Å². The van der Waals surface area contributed by atoms with Crippen LogP contribution in [0.2, 0.25) is 0 Å². The molecule has 0 unspecified atom stereocenters. The minimum Gasteiger partial charge on any atom is -0.339 e.